The van der Waals surface area contributed by atoms with Crippen molar-refractivity contribution in [1.82, 2.24) is 24.9 Å². The standard InChI is InChI=1S/C19H20F3N7O/c1-4-25-17(30-3)15-11(2)16-26-14(28-29(16)18(23)27-15)10-24-9-12-5-7-13(8-6-12)19(20,21)22/h4-8,24H,1,9-10H2,2-3H3,(H2,23,27). The van der Waals surface area contributed by atoms with Gasteiger partial charge in [-0.05, 0) is 24.6 Å². The zero-order valence-electron chi connectivity index (χ0n) is 16.4. The number of nitrogens with one attached hydrogen (secondary N) is 1. The van der Waals surface area contributed by atoms with Crippen LogP contribution in [0.15, 0.2) is 42.0 Å². The minimum absolute atomic E-state index is 0.112. The lowest BCUT2D eigenvalue weighted by atomic mass is 10.1. The quantitative estimate of drug-likeness (QED) is 0.471. The number of benzene rings is 1. The lowest BCUT2D eigenvalue weighted by Gasteiger charge is -2.08. The Hall–Kier alpha value is -3.47. The number of nitrogens with two attached hydrogens (primary N) is 1. The van der Waals surface area contributed by atoms with Gasteiger partial charge in [-0.25, -0.2) is 15.0 Å². The van der Waals surface area contributed by atoms with Gasteiger partial charge in [0.25, 0.3) is 0 Å². The van der Waals surface area contributed by atoms with Crippen molar-refractivity contribution in [2.75, 3.05) is 12.8 Å². The molecule has 2 aromatic heterocycles. The van der Waals surface area contributed by atoms with Crippen LogP contribution in [0.3, 0.4) is 0 Å². The third-order valence-electron chi connectivity index (χ3n) is 4.28. The summed E-state index contributed by atoms with van der Waals surface area (Å²) in [6.07, 6.45) is -3.02. The first kappa shape index (κ1) is 21.2. The van der Waals surface area contributed by atoms with Gasteiger partial charge in [0.05, 0.1) is 19.2 Å². The molecule has 0 aliphatic carbocycles. The van der Waals surface area contributed by atoms with Crippen molar-refractivity contribution < 1.29 is 17.9 Å². The van der Waals surface area contributed by atoms with Crippen LogP contribution < -0.4 is 11.1 Å². The first-order chi connectivity index (χ1) is 14.2. The topological polar surface area (TPSA) is 103 Å². The third kappa shape index (κ3) is 4.40. The predicted octanol–water partition coefficient (Wildman–Crippen LogP) is 2.86. The molecule has 0 fully saturated rings. The summed E-state index contributed by atoms with van der Waals surface area (Å²) in [5.74, 6) is 0.817. The number of fused-ring (bicyclic) bond motifs is 1. The van der Waals surface area contributed by atoms with Crippen molar-refractivity contribution in [3.8, 4) is 0 Å². The Kier molecular flexibility index (Phi) is 6.01. The van der Waals surface area contributed by atoms with E-state index in [1.807, 2.05) is 0 Å². The van der Waals surface area contributed by atoms with Gasteiger partial charge >= 0.3 is 6.18 Å². The minimum Gasteiger partial charge on any atom is -0.479 e. The van der Waals surface area contributed by atoms with Crippen molar-refractivity contribution in [1.29, 1.82) is 0 Å². The number of alkyl halides is 3. The first-order valence-corrected chi connectivity index (χ1v) is 8.86. The highest BCUT2D eigenvalue weighted by Crippen LogP contribution is 2.29. The summed E-state index contributed by atoms with van der Waals surface area (Å²) < 4.78 is 44.5. The number of aromatic nitrogens is 4. The molecule has 11 heteroatoms. The molecule has 2 heterocycles. The van der Waals surface area contributed by atoms with Crippen molar-refractivity contribution in [2.45, 2.75) is 26.2 Å². The van der Waals surface area contributed by atoms with Gasteiger partial charge in [-0.15, -0.1) is 5.10 Å². The number of nitrogen functional groups attached to an aromatic ring is 1. The van der Waals surface area contributed by atoms with Crippen LogP contribution in [0.4, 0.5) is 19.1 Å². The molecule has 0 bridgehead atoms. The summed E-state index contributed by atoms with van der Waals surface area (Å²) in [6.45, 7) is 5.98. The summed E-state index contributed by atoms with van der Waals surface area (Å²) in [5.41, 5.74) is 7.62. The molecule has 3 aromatic rings. The van der Waals surface area contributed by atoms with Gasteiger partial charge in [0.15, 0.2) is 11.5 Å². The molecule has 0 aliphatic heterocycles. The Morgan fingerprint density at radius 3 is 2.57 bits per heavy atom. The Labute approximate surface area is 170 Å². The van der Waals surface area contributed by atoms with Crippen LogP contribution in [0.1, 0.15) is 28.2 Å². The predicted molar refractivity (Wildman–Crippen MR) is 106 cm³/mol. The van der Waals surface area contributed by atoms with Gasteiger partial charge in [0, 0.05) is 18.3 Å². The van der Waals surface area contributed by atoms with E-state index in [-0.39, 0.29) is 18.4 Å². The highest BCUT2D eigenvalue weighted by Gasteiger charge is 2.29. The zero-order chi connectivity index (χ0) is 21.9. The fraction of sp³-hybridized carbons (Fsp3) is 0.263. The number of hydrogen-bond donors (Lipinski definition) is 2. The Morgan fingerprint density at radius 1 is 1.27 bits per heavy atom. The highest BCUT2D eigenvalue weighted by atomic mass is 19.4. The molecule has 30 heavy (non-hydrogen) atoms. The molecule has 0 spiro atoms. The minimum atomic E-state index is -4.35. The number of nitrogens with zero attached hydrogens (tertiary/aromatic N) is 5. The van der Waals surface area contributed by atoms with E-state index in [9.17, 15) is 13.2 Å². The largest absolute Gasteiger partial charge is 0.479 e. The molecule has 0 unspecified atom stereocenters. The SMILES string of the molecule is C=CN=C(OC)c1nc(N)n2nc(CNCc3ccc(C(F)(F)F)cc3)nc2c1C. The van der Waals surface area contributed by atoms with Gasteiger partial charge in [-0.3, -0.25) is 0 Å². The zero-order valence-corrected chi connectivity index (χ0v) is 16.4. The van der Waals surface area contributed by atoms with E-state index in [1.54, 1.807) is 6.92 Å². The maximum atomic E-state index is 12.6. The van der Waals surface area contributed by atoms with Crippen LogP contribution in [-0.2, 0) is 24.0 Å². The average Bonchev–Trinajstić information content (AvgIpc) is 3.14. The normalized spacial score (nSPS) is 12.4. The summed E-state index contributed by atoms with van der Waals surface area (Å²) in [5, 5.41) is 7.43. The first-order valence-electron chi connectivity index (χ1n) is 8.86. The van der Waals surface area contributed by atoms with Crippen molar-refractivity contribution in [3.05, 3.63) is 65.3 Å². The van der Waals surface area contributed by atoms with Crippen LogP contribution in [0.2, 0.25) is 0 Å². The van der Waals surface area contributed by atoms with E-state index in [2.05, 4.69) is 32.0 Å². The van der Waals surface area contributed by atoms with Crippen LogP contribution in [-0.4, -0.2) is 32.6 Å². The lowest BCUT2D eigenvalue weighted by molar-refractivity contribution is -0.137. The van der Waals surface area contributed by atoms with Crippen molar-refractivity contribution in [2.24, 2.45) is 4.99 Å². The van der Waals surface area contributed by atoms with Crippen LogP contribution >= 0.6 is 0 Å². The van der Waals surface area contributed by atoms with Crippen molar-refractivity contribution in [3.63, 3.8) is 0 Å². The molecule has 8 nitrogen and oxygen atoms in total. The number of rotatable bonds is 6. The molecule has 1 aromatic carbocycles. The van der Waals surface area contributed by atoms with E-state index in [0.29, 0.717) is 34.8 Å². The summed E-state index contributed by atoms with van der Waals surface area (Å²) in [4.78, 5) is 12.8. The van der Waals surface area contributed by atoms with E-state index in [0.717, 1.165) is 12.1 Å². The number of aryl methyl sites for hydroxylation is 1. The molecule has 0 amide bonds. The Bertz CT molecular complexity index is 1090. The maximum absolute atomic E-state index is 12.6. The number of hydrogen-bond acceptors (Lipinski definition) is 7. The molecule has 3 rings (SSSR count). The number of aliphatic imine (C=N–C) groups is 1. The molecule has 0 atom stereocenters. The smallest absolute Gasteiger partial charge is 0.416 e. The second kappa shape index (κ2) is 8.49. The van der Waals surface area contributed by atoms with E-state index >= 15 is 0 Å². The Morgan fingerprint density at radius 2 is 1.97 bits per heavy atom. The maximum Gasteiger partial charge on any atom is 0.416 e. The lowest BCUT2D eigenvalue weighted by Crippen LogP contribution is -2.14. The second-order valence-electron chi connectivity index (χ2n) is 6.33. The molecule has 158 valence electrons. The van der Waals surface area contributed by atoms with Gasteiger partial charge < -0.3 is 15.8 Å². The van der Waals surface area contributed by atoms with E-state index < -0.39 is 11.7 Å². The van der Waals surface area contributed by atoms with Crippen molar-refractivity contribution >= 4 is 17.5 Å². The van der Waals surface area contributed by atoms with Gasteiger partial charge in [0.2, 0.25) is 11.8 Å². The number of methoxy groups -OCH3 is 1. The van der Waals surface area contributed by atoms with Crippen LogP contribution in [0.25, 0.3) is 5.65 Å². The fourth-order valence-electron chi connectivity index (χ4n) is 2.82. The number of ether oxygens (including phenoxy) is 1. The molecule has 3 N–H and O–H groups in total. The van der Waals surface area contributed by atoms with Crippen LogP contribution in [0, 0.1) is 6.92 Å². The summed E-state index contributed by atoms with van der Waals surface area (Å²) in [6, 6.07) is 4.96. The molecular weight excluding hydrogens is 399 g/mol. The molecular formula is C19H20F3N7O. The highest BCUT2D eigenvalue weighted by molar-refractivity contribution is 5.95. The molecule has 0 aliphatic rings. The van der Waals surface area contributed by atoms with Gasteiger partial charge in [-0.1, -0.05) is 18.7 Å². The number of halogens is 3. The molecule has 0 saturated heterocycles. The fourth-order valence-corrected chi connectivity index (χ4v) is 2.82. The monoisotopic (exact) mass is 419 g/mol. The Balaban J connectivity index is 1.76. The second-order valence-corrected chi connectivity index (χ2v) is 6.33. The average molecular weight is 419 g/mol. The summed E-state index contributed by atoms with van der Waals surface area (Å²) in [7, 11) is 1.46. The van der Waals surface area contributed by atoms with Gasteiger partial charge in [0.1, 0.15) is 5.69 Å². The van der Waals surface area contributed by atoms with E-state index in [1.165, 1.54) is 30.0 Å². The summed E-state index contributed by atoms with van der Waals surface area (Å²) >= 11 is 0. The van der Waals surface area contributed by atoms with Crippen LogP contribution in [0.5, 0.6) is 0 Å². The number of anilines is 1. The third-order valence-corrected chi connectivity index (χ3v) is 4.28. The van der Waals surface area contributed by atoms with E-state index in [4.69, 9.17) is 10.5 Å². The van der Waals surface area contributed by atoms with Gasteiger partial charge in [-0.2, -0.15) is 17.7 Å². The molecule has 0 radical (unpaired) electrons. The molecule has 0 saturated carbocycles.